The minimum atomic E-state index is -3.74. The summed E-state index contributed by atoms with van der Waals surface area (Å²) in [7, 11) is -0.816. The maximum Gasteiger partial charge on any atom is 0.255 e. The number of carbonyl (C=O) groups is 1. The van der Waals surface area contributed by atoms with E-state index in [0.717, 1.165) is 11.6 Å². The average Bonchev–Trinajstić information content (AvgIpc) is 2.76. The van der Waals surface area contributed by atoms with Crippen molar-refractivity contribution in [3.8, 4) is 5.75 Å². The summed E-state index contributed by atoms with van der Waals surface area (Å²) in [6.45, 7) is 1.87. The van der Waals surface area contributed by atoms with Gasteiger partial charge < -0.3 is 10.1 Å². The van der Waals surface area contributed by atoms with E-state index < -0.39 is 21.7 Å². The number of rotatable bonds is 7. The Balaban J connectivity index is 1.84. The van der Waals surface area contributed by atoms with Gasteiger partial charge in [-0.1, -0.05) is 29.3 Å². The third kappa shape index (κ3) is 5.27. The van der Waals surface area contributed by atoms with Gasteiger partial charge in [-0.3, -0.25) is 4.79 Å². The molecule has 3 aromatic rings. The van der Waals surface area contributed by atoms with Crippen molar-refractivity contribution >= 4 is 33.2 Å². The quantitative estimate of drug-likeness (QED) is 0.528. The van der Waals surface area contributed by atoms with Gasteiger partial charge in [0.05, 0.1) is 17.0 Å². The predicted molar refractivity (Wildman–Crippen MR) is 122 cm³/mol. The molecule has 0 bridgehead atoms. The number of benzene rings is 3. The summed E-state index contributed by atoms with van der Waals surface area (Å²) < 4.78 is 45.7. The van der Waals surface area contributed by atoms with E-state index in [1.54, 1.807) is 42.5 Å². The minimum Gasteiger partial charge on any atom is -0.496 e. The Morgan fingerprint density at radius 2 is 1.78 bits per heavy atom. The first-order chi connectivity index (χ1) is 15.1. The van der Waals surface area contributed by atoms with Gasteiger partial charge >= 0.3 is 0 Å². The van der Waals surface area contributed by atoms with Crippen molar-refractivity contribution in [1.29, 1.82) is 0 Å². The Morgan fingerprint density at radius 3 is 2.41 bits per heavy atom. The molecule has 0 radical (unpaired) electrons. The van der Waals surface area contributed by atoms with Gasteiger partial charge in [-0.2, -0.15) is 4.31 Å². The van der Waals surface area contributed by atoms with Crippen molar-refractivity contribution in [3.63, 3.8) is 0 Å². The Bertz CT molecular complexity index is 1250. The lowest BCUT2D eigenvalue weighted by Crippen LogP contribution is -2.27. The number of halogens is 2. The van der Waals surface area contributed by atoms with E-state index >= 15 is 0 Å². The van der Waals surface area contributed by atoms with E-state index in [4.69, 9.17) is 16.3 Å². The normalized spacial score (nSPS) is 11.4. The summed E-state index contributed by atoms with van der Waals surface area (Å²) in [6.07, 6.45) is 0. The summed E-state index contributed by atoms with van der Waals surface area (Å²) in [5, 5.41) is 2.53. The number of amides is 1. The highest BCUT2D eigenvalue weighted by molar-refractivity contribution is 7.89. The molecule has 0 unspecified atom stereocenters. The third-order valence-electron chi connectivity index (χ3n) is 4.84. The largest absolute Gasteiger partial charge is 0.496 e. The summed E-state index contributed by atoms with van der Waals surface area (Å²) in [5.74, 6) is -0.604. The Morgan fingerprint density at radius 1 is 1.09 bits per heavy atom. The molecule has 0 saturated heterocycles. The van der Waals surface area contributed by atoms with E-state index in [1.807, 2.05) is 6.92 Å². The number of ether oxygens (including phenoxy) is 1. The van der Waals surface area contributed by atoms with E-state index in [0.29, 0.717) is 17.0 Å². The summed E-state index contributed by atoms with van der Waals surface area (Å²) in [4.78, 5) is 12.9. The lowest BCUT2D eigenvalue weighted by Gasteiger charge is -2.19. The van der Waals surface area contributed by atoms with E-state index in [2.05, 4.69) is 5.32 Å². The van der Waals surface area contributed by atoms with Crippen LogP contribution >= 0.6 is 11.6 Å². The SMILES string of the molecule is COc1ccc(C(=O)Nc2ccc(F)c(Cl)c2)cc1CN(C)S(=O)(=O)c1ccc(C)cc1. The molecule has 168 valence electrons. The van der Waals surface area contributed by atoms with Crippen LogP contribution in [0, 0.1) is 12.7 Å². The molecule has 0 aliphatic carbocycles. The van der Waals surface area contributed by atoms with Crippen LogP contribution in [0.15, 0.2) is 65.6 Å². The second kappa shape index (κ2) is 9.68. The molecule has 3 aromatic carbocycles. The van der Waals surface area contributed by atoms with Crippen LogP contribution in [0.5, 0.6) is 5.75 Å². The topological polar surface area (TPSA) is 75.7 Å². The predicted octanol–water partition coefficient (Wildman–Crippen LogP) is 4.87. The number of nitrogens with zero attached hydrogens (tertiary/aromatic N) is 1. The van der Waals surface area contributed by atoms with Gasteiger partial charge in [0.15, 0.2) is 0 Å². The molecule has 0 aliphatic heterocycles. The van der Waals surface area contributed by atoms with E-state index in [-0.39, 0.29) is 22.0 Å². The molecule has 0 aliphatic rings. The third-order valence-corrected chi connectivity index (χ3v) is 6.95. The minimum absolute atomic E-state index is 0.0110. The van der Waals surface area contributed by atoms with Gasteiger partial charge in [-0.15, -0.1) is 0 Å². The number of nitrogens with one attached hydrogen (secondary N) is 1. The van der Waals surface area contributed by atoms with Crippen molar-refractivity contribution in [3.05, 3.63) is 88.2 Å². The fourth-order valence-electron chi connectivity index (χ4n) is 3.04. The summed E-state index contributed by atoms with van der Waals surface area (Å²) >= 11 is 5.76. The molecule has 1 N–H and O–H groups in total. The summed E-state index contributed by atoms with van der Waals surface area (Å²) in [5.41, 5.74) is 2.07. The lowest BCUT2D eigenvalue weighted by atomic mass is 10.1. The molecule has 6 nitrogen and oxygen atoms in total. The molecule has 0 fully saturated rings. The average molecular weight is 477 g/mol. The van der Waals surface area contributed by atoms with Crippen LogP contribution in [0.4, 0.5) is 10.1 Å². The highest BCUT2D eigenvalue weighted by Gasteiger charge is 2.22. The number of methoxy groups -OCH3 is 1. The van der Waals surface area contributed by atoms with Crippen LogP contribution in [-0.4, -0.2) is 32.8 Å². The molecule has 1 amide bonds. The van der Waals surface area contributed by atoms with Gasteiger partial charge in [0.2, 0.25) is 10.0 Å². The molecular formula is C23H22ClFN2O4S. The monoisotopic (exact) mass is 476 g/mol. The number of sulfonamides is 1. The molecule has 9 heteroatoms. The Hall–Kier alpha value is -2.94. The van der Waals surface area contributed by atoms with Crippen LogP contribution in [0.2, 0.25) is 5.02 Å². The van der Waals surface area contributed by atoms with Gasteiger partial charge in [0.1, 0.15) is 11.6 Å². The maximum atomic E-state index is 13.3. The molecule has 0 heterocycles. The van der Waals surface area contributed by atoms with Crippen molar-refractivity contribution in [2.45, 2.75) is 18.4 Å². The number of anilines is 1. The van der Waals surface area contributed by atoms with Crippen molar-refractivity contribution in [2.75, 3.05) is 19.5 Å². The van der Waals surface area contributed by atoms with Crippen molar-refractivity contribution in [1.82, 2.24) is 4.31 Å². The van der Waals surface area contributed by atoms with E-state index in [9.17, 15) is 17.6 Å². The number of hydrogen-bond acceptors (Lipinski definition) is 4. The highest BCUT2D eigenvalue weighted by Crippen LogP contribution is 2.25. The van der Waals surface area contributed by atoms with Gasteiger partial charge in [0, 0.05) is 30.4 Å². The van der Waals surface area contributed by atoms with Crippen LogP contribution in [0.1, 0.15) is 21.5 Å². The van der Waals surface area contributed by atoms with Crippen LogP contribution in [0.3, 0.4) is 0 Å². The van der Waals surface area contributed by atoms with Crippen LogP contribution in [0.25, 0.3) is 0 Å². The molecule has 0 atom stereocenters. The van der Waals surface area contributed by atoms with E-state index in [1.165, 1.54) is 30.6 Å². The fourth-order valence-corrected chi connectivity index (χ4v) is 4.37. The molecule has 3 rings (SSSR count). The van der Waals surface area contributed by atoms with Crippen molar-refractivity contribution in [2.24, 2.45) is 0 Å². The van der Waals surface area contributed by atoms with Gasteiger partial charge in [-0.25, -0.2) is 12.8 Å². The molecule has 0 saturated carbocycles. The Labute approximate surface area is 191 Å². The zero-order chi connectivity index (χ0) is 23.5. The first-order valence-corrected chi connectivity index (χ1v) is 11.4. The molecule has 0 spiro atoms. The number of aryl methyl sites for hydroxylation is 1. The molecule has 0 aromatic heterocycles. The lowest BCUT2D eigenvalue weighted by molar-refractivity contribution is 0.102. The number of carbonyl (C=O) groups excluding carboxylic acids is 1. The van der Waals surface area contributed by atoms with Gasteiger partial charge in [-0.05, 0) is 55.5 Å². The van der Waals surface area contributed by atoms with Crippen LogP contribution < -0.4 is 10.1 Å². The second-order valence-corrected chi connectivity index (χ2v) is 9.64. The smallest absolute Gasteiger partial charge is 0.255 e. The standard InChI is InChI=1S/C23H22ClFN2O4S/c1-15-4-8-19(9-5-15)32(29,30)27(2)14-17-12-16(6-11-22(17)31-3)23(28)26-18-7-10-21(25)20(24)13-18/h4-13H,14H2,1-3H3,(H,26,28). The maximum absolute atomic E-state index is 13.3. The highest BCUT2D eigenvalue weighted by atomic mass is 35.5. The first kappa shape index (κ1) is 23.7. The number of hydrogen-bond donors (Lipinski definition) is 1. The zero-order valence-electron chi connectivity index (χ0n) is 17.7. The second-order valence-electron chi connectivity index (χ2n) is 7.18. The van der Waals surface area contributed by atoms with Gasteiger partial charge in [0.25, 0.3) is 5.91 Å². The molecular weight excluding hydrogens is 455 g/mol. The first-order valence-electron chi connectivity index (χ1n) is 9.58. The molecule has 32 heavy (non-hydrogen) atoms. The summed E-state index contributed by atoms with van der Waals surface area (Å²) in [6, 6.07) is 15.1. The van der Waals surface area contributed by atoms with Crippen LogP contribution in [-0.2, 0) is 16.6 Å². The fraction of sp³-hybridized carbons (Fsp3) is 0.174. The van der Waals surface area contributed by atoms with Crippen molar-refractivity contribution < 1.29 is 22.3 Å². The Kier molecular flexibility index (Phi) is 7.18. The zero-order valence-corrected chi connectivity index (χ0v) is 19.3.